The molecule has 0 N–H and O–H groups in total. The first-order chi connectivity index (χ1) is 13.9. The lowest BCUT2D eigenvalue weighted by atomic mass is 9.83. The Morgan fingerprint density at radius 2 is 1.46 bits per heavy atom. The molecule has 0 unspecified atom stereocenters. The highest BCUT2D eigenvalue weighted by Crippen LogP contribution is 2.41. The second-order valence-electron chi connectivity index (χ2n) is 7.76. The molecule has 0 amide bonds. The van der Waals surface area contributed by atoms with Gasteiger partial charge in [0.2, 0.25) is 0 Å². The highest BCUT2D eigenvalue weighted by molar-refractivity contribution is 6.16. The van der Waals surface area contributed by atoms with Crippen LogP contribution in [-0.4, -0.2) is 10.2 Å². The lowest BCUT2D eigenvalue weighted by molar-refractivity contribution is 0.690. The van der Waals surface area contributed by atoms with Crippen molar-refractivity contribution in [2.24, 2.45) is 0 Å². The van der Waals surface area contributed by atoms with Crippen LogP contribution >= 0.6 is 0 Å². The van der Waals surface area contributed by atoms with Crippen LogP contribution in [0.25, 0.3) is 43.6 Å². The number of aromatic nitrogens is 2. The molecule has 1 aromatic heterocycles. The van der Waals surface area contributed by atoms with Crippen LogP contribution in [0.4, 0.5) is 0 Å². The van der Waals surface area contributed by atoms with Crippen molar-refractivity contribution in [3.05, 3.63) is 84.1 Å². The van der Waals surface area contributed by atoms with Crippen molar-refractivity contribution in [2.75, 3.05) is 0 Å². The molecule has 0 spiro atoms. The normalized spacial score (nSPS) is 13.9. The third kappa shape index (κ3) is 2.27. The second kappa shape index (κ2) is 6.13. The van der Waals surface area contributed by atoms with Gasteiger partial charge in [0.25, 0.3) is 0 Å². The van der Waals surface area contributed by atoms with Gasteiger partial charge in [-0.3, -0.25) is 0 Å². The minimum Gasteiger partial charge on any atom is -0.158 e. The van der Waals surface area contributed by atoms with E-state index >= 15 is 0 Å². The van der Waals surface area contributed by atoms with Crippen molar-refractivity contribution in [1.29, 1.82) is 0 Å². The number of aryl methyl sites for hydroxylation is 2. The molecule has 1 aliphatic carbocycles. The van der Waals surface area contributed by atoms with E-state index < -0.39 is 0 Å². The molecular formula is C26H20N2. The topological polar surface area (TPSA) is 25.8 Å². The van der Waals surface area contributed by atoms with Crippen LogP contribution in [0.2, 0.25) is 0 Å². The zero-order valence-corrected chi connectivity index (χ0v) is 15.7. The van der Waals surface area contributed by atoms with Gasteiger partial charge in [0, 0.05) is 16.3 Å². The summed E-state index contributed by atoms with van der Waals surface area (Å²) in [5.74, 6) is 0. The van der Waals surface area contributed by atoms with Gasteiger partial charge in [-0.1, -0.05) is 60.7 Å². The van der Waals surface area contributed by atoms with E-state index in [1.807, 2.05) is 6.20 Å². The molecule has 6 rings (SSSR count). The molecule has 4 aromatic carbocycles. The minimum absolute atomic E-state index is 0.993. The largest absolute Gasteiger partial charge is 0.158 e. The van der Waals surface area contributed by atoms with Gasteiger partial charge in [-0.25, -0.2) is 0 Å². The Hall–Kier alpha value is -3.26. The van der Waals surface area contributed by atoms with Gasteiger partial charge in [-0.15, -0.1) is 5.10 Å². The Balaban J connectivity index is 1.82. The average Bonchev–Trinajstić information content (AvgIpc) is 2.78. The quantitative estimate of drug-likeness (QED) is 0.320. The Labute approximate surface area is 163 Å². The average molecular weight is 360 g/mol. The van der Waals surface area contributed by atoms with Crippen LogP contribution in [-0.2, 0) is 12.8 Å². The maximum atomic E-state index is 4.63. The second-order valence-corrected chi connectivity index (χ2v) is 7.76. The standard InChI is InChI=1S/C26H20N2/c1-5-11-21-17(7-1)13-14-23-20-10-4-2-8-18(20)15-24(25(21)23)26-22-12-6-3-9-19(22)16-27-28-26/h2-4,6,8-10,12-16H,1,5,7,11H2. The minimum atomic E-state index is 0.993. The van der Waals surface area contributed by atoms with Gasteiger partial charge >= 0.3 is 0 Å². The van der Waals surface area contributed by atoms with Crippen LogP contribution in [0.15, 0.2) is 72.9 Å². The Kier molecular flexibility index (Phi) is 3.45. The summed E-state index contributed by atoms with van der Waals surface area (Å²) in [5.41, 5.74) is 5.23. The number of nitrogens with zero attached hydrogens (tertiary/aromatic N) is 2. The fourth-order valence-electron chi connectivity index (χ4n) is 4.87. The van der Waals surface area contributed by atoms with Gasteiger partial charge in [-0.2, -0.15) is 5.10 Å². The molecule has 1 aliphatic rings. The molecule has 1 heterocycles. The lowest BCUT2D eigenvalue weighted by Crippen LogP contribution is -2.04. The third-order valence-electron chi connectivity index (χ3n) is 6.18. The zero-order valence-electron chi connectivity index (χ0n) is 15.7. The van der Waals surface area contributed by atoms with Gasteiger partial charge in [0.05, 0.1) is 6.20 Å². The summed E-state index contributed by atoms with van der Waals surface area (Å²) in [4.78, 5) is 0. The number of rotatable bonds is 1. The first-order valence-electron chi connectivity index (χ1n) is 10.1. The zero-order chi connectivity index (χ0) is 18.5. The number of hydrogen-bond donors (Lipinski definition) is 0. The fourth-order valence-corrected chi connectivity index (χ4v) is 4.87. The summed E-state index contributed by atoms with van der Waals surface area (Å²) in [7, 11) is 0. The summed E-state index contributed by atoms with van der Waals surface area (Å²) >= 11 is 0. The van der Waals surface area contributed by atoms with Crippen LogP contribution in [0, 0.1) is 0 Å². The highest BCUT2D eigenvalue weighted by atomic mass is 15.1. The molecule has 5 aromatic rings. The molecular weight excluding hydrogens is 340 g/mol. The maximum Gasteiger partial charge on any atom is 0.101 e. The van der Waals surface area contributed by atoms with E-state index in [1.54, 1.807) is 0 Å². The summed E-state index contributed by atoms with van der Waals surface area (Å²) in [6, 6.07) is 24.1. The van der Waals surface area contributed by atoms with Gasteiger partial charge in [-0.05, 0) is 64.4 Å². The predicted octanol–water partition coefficient (Wildman–Crippen LogP) is 6.48. The lowest BCUT2D eigenvalue weighted by Gasteiger charge is -2.21. The monoisotopic (exact) mass is 360 g/mol. The molecule has 0 radical (unpaired) electrons. The molecule has 134 valence electrons. The number of hydrogen-bond acceptors (Lipinski definition) is 2. The summed E-state index contributed by atoms with van der Waals surface area (Å²) < 4.78 is 0. The number of benzene rings is 4. The van der Waals surface area contributed by atoms with Crippen LogP contribution in [0.3, 0.4) is 0 Å². The first kappa shape index (κ1) is 15.8. The van der Waals surface area contributed by atoms with E-state index in [9.17, 15) is 0 Å². The molecule has 0 atom stereocenters. The van der Waals surface area contributed by atoms with Crippen molar-refractivity contribution in [1.82, 2.24) is 10.2 Å². The first-order valence-corrected chi connectivity index (χ1v) is 10.1. The van der Waals surface area contributed by atoms with Crippen molar-refractivity contribution in [2.45, 2.75) is 25.7 Å². The molecule has 28 heavy (non-hydrogen) atoms. The number of fused-ring (bicyclic) bond motifs is 6. The molecule has 0 aliphatic heterocycles. The van der Waals surface area contributed by atoms with Crippen molar-refractivity contribution >= 4 is 32.3 Å². The van der Waals surface area contributed by atoms with E-state index in [0.29, 0.717) is 0 Å². The van der Waals surface area contributed by atoms with Crippen LogP contribution in [0.1, 0.15) is 24.0 Å². The van der Waals surface area contributed by atoms with Gasteiger partial charge in [0.1, 0.15) is 5.69 Å². The predicted molar refractivity (Wildman–Crippen MR) is 117 cm³/mol. The van der Waals surface area contributed by atoms with E-state index in [2.05, 4.69) is 76.9 Å². The SMILES string of the molecule is c1ccc2c(-c3cc4ccccc4c4ccc5c(c34)CCCC5)nncc2c1. The van der Waals surface area contributed by atoms with E-state index in [0.717, 1.165) is 17.5 Å². The Morgan fingerprint density at radius 3 is 2.39 bits per heavy atom. The summed E-state index contributed by atoms with van der Waals surface area (Å²) in [5, 5.41) is 16.6. The van der Waals surface area contributed by atoms with Gasteiger partial charge in [0.15, 0.2) is 0 Å². The van der Waals surface area contributed by atoms with Crippen molar-refractivity contribution in [3.8, 4) is 11.3 Å². The molecule has 0 saturated heterocycles. The summed E-state index contributed by atoms with van der Waals surface area (Å²) in [6.07, 6.45) is 6.74. The van der Waals surface area contributed by atoms with Crippen LogP contribution < -0.4 is 0 Å². The van der Waals surface area contributed by atoms with Crippen molar-refractivity contribution in [3.63, 3.8) is 0 Å². The third-order valence-corrected chi connectivity index (χ3v) is 6.18. The van der Waals surface area contributed by atoms with Crippen molar-refractivity contribution < 1.29 is 0 Å². The van der Waals surface area contributed by atoms with E-state index in [4.69, 9.17) is 0 Å². The Morgan fingerprint density at radius 1 is 0.679 bits per heavy atom. The van der Waals surface area contributed by atoms with E-state index in [-0.39, 0.29) is 0 Å². The summed E-state index contributed by atoms with van der Waals surface area (Å²) in [6.45, 7) is 0. The molecule has 0 fully saturated rings. The highest BCUT2D eigenvalue weighted by Gasteiger charge is 2.19. The van der Waals surface area contributed by atoms with Crippen LogP contribution in [0.5, 0.6) is 0 Å². The van der Waals surface area contributed by atoms with E-state index in [1.165, 1.54) is 62.9 Å². The Bertz CT molecular complexity index is 1360. The fraction of sp³-hybridized carbons (Fsp3) is 0.154. The smallest absolute Gasteiger partial charge is 0.101 e. The molecule has 2 nitrogen and oxygen atoms in total. The molecule has 0 saturated carbocycles. The molecule has 0 bridgehead atoms. The van der Waals surface area contributed by atoms with Gasteiger partial charge < -0.3 is 0 Å². The maximum absolute atomic E-state index is 4.63. The molecule has 2 heteroatoms.